The molecule has 0 fully saturated rings. The van der Waals surface area contributed by atoms with Crippen LogP contribution >= 0.6 is 0 Å². The molecule has 0 unspecified atom stereocenters. The third kappa shape index (κ3) is 4.69. The number of rotatable bonds is 9. The Hall–Kier alpha value is -3.16. The molecule has 1 aromatic carbocycles. The van der Waals surface area contributed by atoms with Gasteiger partial charge in [0.05, 0.1) is 12.9 Å². The van der Waals surface area contributed by atoms with Crippen molar-refractivity contribution in [1.82, 2.24) is 24.0 Å². The molecule has 0 aliphatic rings. The lowest BCUT2D eigenvalue weighted by molar-refractivity contribution is -0.121. The maximum Gasteiger partial charge on any atom is 0.333 e. The van der Waals surface area contributed by atoms with Gasteiger partial charge >= 0.3 is 5.69 Å². The molecule has 3 rings (SSSR count). The first-order valence-electron chi connectivity index (χ1n) is 10.4. The Balaban J connectivity index is 2.13. The Morgan fingerprint density at radius 3 is 2.53 bits per heavy atom. The number of carbonyl (C=O) groups excluding carboxylic acids is 1. The van der Waals surface area contributed by atoms with Crippen LogP contribution < -0.4 is 16.6 Å². The molecule has 0 radical (unpaired) electrons. The van der Waals surface area contributed by atoms with Gasteiger partial charge in [0.25, 0.3) is 5.56 Å². The van der Waals surface area contributed by atoms with Gasteiger partial charge in [-0.2, -0.15) is 0 Å². The summed E-state index contributed by atoms with van der Waals surface area (Å²) in [7, 11) is 0. The fourth-order valence-corrected chi connectivity index (χ4v) is 3.32. The van der Waals surface area contributed by atoms with Crippen LogP contribution in [0.4, 0.5) is 0 Å². The molecule has 1 N–H and O–H groups in total. The molecule has 0 aliphatic heterocycles. The van der Waals surface area contributed by atoms with Crippen LogP contribution in [-0.4, -0.2) is 31.1 Å². The number of nitrogens with zero attached hydrogens (tertiary/aromatic N) is 4. The van der Waals surface area contributed by atoms with Crippen LogP contribution in [0.15, 0.2) is 46.2 Å². The molecule has 0 aliphatic carbocycles. The SMILES string of the molecule is CCCNC(=O)Cn1c(=O)c2c(ncn2CCC(C)C)n(Cc2ccccc2)c1=O. The summed E-state index contributed by atoms with van der Waals surface area (Å²) in [5.74, 6) is 0.106. The van der Waals surface area contributed by atoms with E-state index in [0.717, 1.165) is 23.0 Å². The van der Waals surface area contributed by atoms with Gasteiger partial charge in [-0.1, -0.05) is 51.1 Å². The van der Waals surface area contributed by atoms with Crippen molar-refractivity contribution in [2.45, 2.75) is 53.2 Å². The summed E-state index contributed by atoms with van der Waals surface area (Å²) in [5, 5.41) is 2.73. The first-order chi connectivity index (χ1) is 14.4. The van der Waals surface area contributed by atoms with Crippen LogP contribution in [0.2, 0.25) is 0 Å². The largest absolute Gasteiger partial charge is 0.355 e. The first kappa shape index (κ1) is 21.5. The molecule has 8 nitrogen and oxygen atoms in total. The first-order valence-corrected chi connectivity index (χ1v) is 10.4. The van der Waals surface area contributed by atoms with Gasteiger partial charge in [0, 0.05) is 13.1 Å². The molecule has 0 bridgehead atoms. The molecule has 3 aromatic rings. The molecule has 160 valence electrons. The van der Waals surface area contributed by atoms with Gasteiger partial charge in [0.1, 0.15) is 6.54 Å². The fourth-order valence-electron chi connectivity index (χ4n) is 3.32. The summed E-state index contributed by atoms with van der Waals surface area (Å²) in [6, 6.07) is 9.52. The second kappa shape index (κ2) is 9.56. The van der Waals surface area contributed by atoms with Gasteiger partial charge in [-0.25, -0.2) is 14.3 Å². The minimum Gasteiger partial charge on any atom is -0.355 e. The molecule has 0 atom stereocenters. The predicted molar refractivity (Wildman–Crippen MR) is 117 cm³/mol. The lowest BCUT2D eigenvalue weighted by Gasteiger charge is -2.13. The number of carbonyl (C=O) groups is 1. The Bertz CT molecular complexity index is 1130. The molecule has 0 spiro atoms. The highest BCUT2D eigenvalue weighted by atomic mass is 16.2. The highest BCUT2D eigenvalue weighted by Gasteiger charge is 2.20. The third-order valence-corrected chi connectivity index (χ3v) is 4.99. The molecule has 2 heterocycles. The molecular weight excluding hydrogens is 382 g/mol. The Morgan fingerprint density at radius 1 is 1.13 bits per heavy atom. The van der Waals surface area contributed by atoms with Crippen molar-refractivity contribution < 1.29 is 4.79 Å². The van der Waals surface area contributed by atoms with Gasteiger partial charge in [0.2, 0.25) is 5.91 Å². The minimum absolute atomic E-state index is 0.272. The van der Waals surface area contributed by atoms with Gasteiger partial charge in [-0.15, -0.1) is 0 Å². The van der Waals surface area contributed by atoms with Crippen LogP contribution in [0.5, 0.6) is 0 Å². The average molecular weight is 412 g/mol. The quantitative estimate of drug-likeness (QED) is 0.583. The van der Waals surface area contributed by atoms with E-state index in [0.29, 0.717) is 30.2 Å². The van der Waals surface area contributed by atoms with Crippen molar-refractivity contribution >= 4 is 17.1 Å². The van der Waals surface area contributed by atoms with Crippen LogP contribution in [0.1, 0.15) is 39.2 Å². The number of imidazole rings is 1. The highest BCUT2D eigenvalue weighted by Crippen LogP contribution is 2.12. The van der Waals surface area contributed by atoms with Crippen molar-refractivity contribution in [1.29, 1.82) is 0 Å². The molecular formula is C22H29N5O3. The number of nitrogens with one attached hydrogen (secondary N) is 1. The monoisotopic (exact) mass is 411 g/mol. The van der Waals surface area contributed by atoms with E-state index in [1.807, 2.05) is 37.3 Å². The Labute approximate surface area is 175 Å². The number of amides is 1. The van der Waals surface area contributed by atoms with Gasteiger partial charge in [0.15, 0.2) is 11.2 Å². The van der Waals surface area contributed by atoms with Crippen LogP contribution in [0, 0.1) is 5.92 Å². The van der Waals surface area contributed by atoms with Gasteiger partial charge in [-0.3, -0.25) is 14.2 Å². The second-order valence-electron chi connectivity index (χ2n) is 7.89. The van der Waals surface area contributed by atoms with Crippen LogP contribution in [0.25, 0.3) is 11.2 Å². The third-order valence-electron chi connectivity index (χ3n) is 4.99. The zero-order valence-electron chi connectivity index (χ0n) is 17.8. The maximum atomic E-state index is 13.2. The van der Waals surface area contributed by atoms with Crippen molar-refractivity contribution in [2.24, 2.45) is 5.92 Å². The summed E-state index contributed by atoms with van der Waals surface area (Å²) in [6.07, 6.45) is 3.26. The summed E-state index contributed by atoms with van der Waals surface area (Å²) in [6.45, 7) is 7.25. The summed E-state index contributed by atoms with van der Waals surface area (Å²) >= 11 is 0. The number of hydrogen-bond donors (Lipinski definition) is 1. The molecule has 8 heteroatoms. The zero-order valence-corrected chi connectivity index (χ0v) is 17.8. The number of aromatic nitrogens is 4. The van der Waals surface area contributed by atoms with Crippen molar-refractivity contribution in [3.63, 3.8) is 0 Å². The smallest absolute Gasteiger partial charge is 0.333 e. The van der Waals surface area contributed by atoms with Gasteiger partial charge < -0.3 is 9.88 Å². The number of benzene rings is 1. The number of aryl methyl sites for hydroxylation is 1. The normalized spacial score (nSPS) is 11.3. The van der Waals surface area contributed by atoms with E-state index in [1.165, 1.54) is 4.57 Å². The van der Waals surface area contributed by atoms with E-state index in [4.69, 9.17) is 0 Å². The molecule has 1 amide bonds. The van der Waals surface area contributed by atoms with E-state index in [2.05, 4.69) is 24.1 Å². The fraction of sp³-hybridized carbons (Fsp3) is 0.455. The Kier molecular flexibility index (Phi) is 6.87. The van der Waals surface area contributed by atoms with Crippen molar-refractivity contribution in [3.05, 3.63) is 63.1 Å². The molecule has 0 saturated heterocycles. The minimum atomic E-state index is -0.530. The predicted octanol–water partition coefficient (Wildman–Crippen LogP) is 1.98. The summed E-state index contributed by atoms with van der Waals surface area (Å²) in [5.41, 5.74) is 0.611. The molecule has 0 saturated carbocycles. The van der Waals surface area contributed by atoms with Crippen molar-refractivity contribution in [3.8, 4) is 0 Å². The molecule has 30 heavy (non-hydrogen) atoms. The zero-order chi connectivity index (χ0) is 21.7. The summed E-state index contributed by atoms with van der Waals surface area (Å²) in [4.78, 5) is 43.1. The average Bonchev–Trinajstić information content (AvgIpc) is 3.16. The standard InChI is InChI=1S/C22H29N5O3/c1-4-11-23-18(28)14-27-21(29)19-20(24-15-25(19)12-10-16(2)3)26(22(27)30)13-17-8-6-5-7-9-17/h5-9,15-16H,4,10-14H2,1-3H3,(H,23,28). The second-order valence-corrected chi connectivity index (χ2v) is 7.89. The topological polar surface area (TPSA) is 90.9 Å². The van der Waals surface area contributed by atoms with Crippen molar-refractivity contribution in [2.75, 3.05) is 6.54 Å². The lowest BCUT2D eigenvalue weighted by atomic mass is 10.1. The van der Waals surface area contributed by atoms with Crippen LogP contribution in [-0.2, 0) is 24.4 Å². The van der Waals surface area contributed by atoms with E-state index in [-0.39, 0.29) is 19.0 Å². The summed E-state index contributed by atoms with van der Waals surface area (Å²) < 4.78 is 4.29. The highest BCUT2D eigenvalue weighted by molar-refractivity contribution is 5.76. The lowest BCUT2D eigenvalue weighted by Crippen LogP contribution is -2.44. The van der Waals surface area contributed by atoms with Crippen LogP contribution in [0.3, 0.4) is 0 Å². The van der Waals surface area contributed by atoms with E-state index >= 15 is 0 Å². The van der Waals surface area contributed by atoms with E-state index in [9.17, 15) is 14.4 Å². The Morgan fingerprint density at radius 2 is 1.87 bits per heavy atom. The number of fused-ring (bicyclic) bond motifs is 1. The van der Waals surface area contributed by atoms with E-state index < -0.39 is 11.2 Å². The molecule has 2 aromatic heterocycles. The van der Waals surface area contributed by atoms with Gasteiger partial charge in [-0.05, 0) is 24.3 Å². The number of hydrogen-bond acceptors (Lipinski definition) is 4. The maximum absolute atomic E-state index is 13.2. The van der Waals surface area contributed by atoms with E-state index in [1.54, 1.807) is 10.9 Å².